The molecule has 1 aromatic rings. The van der Waals surface area contributed by atoms with Crippen LogP contribution in [-0.4, -0.2) is 18.2 Å². The summed E-state index contributed by atoms with van der Waals surface area (Å²) < 4.78 is 10.3. The molecule has 0 aliphatic carbocycles. The highest BCUT2D eigenvalue weighted by Crippen LogP contribution is 2.16. The maximum Gasteiger partial charge on any atom is 0.331 e. The van der Waals surface area contributed by atoms with Crippen LogP contribution in [0.3, 0.4) is 0 Å². The van der Waals surface area contributed by atoms with E-state index in [1.54, 1.807) is 31.4 Å². The normalized spacial score (nSPS) is 11.5. The van der Waals surface area contributed by atoms with Crippen molar-refractivity contribution >= 4 is 5.97 Å². The number of hydrogen-bond acceptors (Lipinski definition) is 3. The fourth-order valence-corrected chi connectivity index (χ4v) is 1.03. The van der Waals surface area contributed by atoms with Crippen molar-refractivity contribution in [3.8, 4) is 11.5 Å². The average molecular weight is 234 g/mol. The van der Waals surface area contributed by atoms with Gasteiger partial charge in [-0.3, -0.25) is 0 Å². The van der Waals surface area contributed by atoms with Crippen LogP contribution < -0.4 is 9.47 Å². The third kappa shape index (κ3) is 4.42. The number of benzene rings is 1. The van der Waals surface area contributed by atoms with E-state index in [0.29, 0.717) is 5.75 Å². The second kappa shape index (κ2) is 6.37. The standard InChI is InChI=1S/C13H14O4/c1-10(13(14)15)4-3-9-17-12-7-5-11(16-2)6-8-12/h3-9H,1-2H3,(H,14,15)/b9-3+,10-4+. The summed E-state index contributed by atoms with van der Waals surface area (Å²) in [5.41, 5.74) is 0.250. The number of hydrogen-bond donors (Lipinski definition) is 1. The van der Waals surface area contributed by atoms with Crippen molar-refractivity contribution < 1.29 is 19.4 Å². The Kier molecular flexibility index (Phi) is 4.81. The fraction of sp³-hybridized carbons (Fsp3) is 0.154. The first kappa shape index (κ1) is 12.8. The number of allylic oxidation sites excluding steroid dienone is 2. The number of carbonyl (C=O) groups is 1. The van der Waals surface area contributed by atoms with Gasteiger partial charge in [-0.1, -0.05) is 0 Å². The van der Waals surface area contributed by atoms with Gasteiger partial charge in [0.2, 0.25) is 0 Å². The van der Waals surface area contributed by atoms with Crippen LogP contribution in [0.5, 0.6) is 11.5 Å². The maximum atomic E-state index is 10.5. The smallest absolute Gasteiger partial charge is 0.331 e. The molecule has 4 nitrogen and oxygen atoms in total. The van der Waals surface area contributed by atoms with Gasteiger partial charge in [0, 0.05) is 5.57 Å². The maximum absolute atomic E-state index is 10.5. The number of carboxylic acid groups (broad SMARTS) is 1. The lowest BCUT2D eigenvalue weighted by molar-refractivity contribution is -0.132. The van der Waals surface area contributed by atoms with Crippen LogP contribution in [0.1, 0.15) is 6.92 Å². The number of aliphatic carboxylic acids is 1. The highest BCUT2D eigenvalue weighted by molar-refractivity contribution is 5.86. The zero-order valence-electron chi connectivity index (χ0n) is 9.71. The molecule has 0 bridgehead atoms. The van der Waals surface area contributed by atoms with Gasteiger partial charge in [-0.2, -0.15) is 0 Å². The van der Waals surface area contributed by atoms with Crippen molar-refractivity contribution in [2.45, 2.75) is 6.92 Å². The van der Waals surface area contributed by atoms with Gasteiger partial charge >= 0.3 is 5.97 Å². The molecule has 1 N–H and O–H groups in total. The van der Waals surface area contributed by atoms with Gasteiger partial charge in [-0.15, -0.1) is 0 Å². The molecule has 1 aromatic carbocycles. The molecule has 90 valence electrons. The van der Waals surface area contributed by atoms with Gasteiger partial charge in [0.25, 0.3) is 0 Å². The largest absolute Gasteiger partial charge is 0.497 e. The molecule has 0 amide bonds. The average Bonchev–Trinajstić information content (AvgIpc) is 2.35. The van der Waals surface area contributed by atoms with E-state index in [-0.39, 0.29) is 5.57 Å². The molecule has 0 saturated carbocycles. The summed E-state index contributed by atoms with van der Waals surface area (Å²) >= 11 is 0. The Bertz CT molecular complexity index is 429. The van der Waals surface area contributed by atoms with Crippen LogP contribution in [0, 0.1) is 0 Å². The zero-order chi connectivity index (χ0) is 12.7. The van der Waals surface area contributed by atoms with Crippen LogP contribution in [-0.2, 0) is 4.79 Å². The molecule has 0 spiro atoms. The number of methoxy groups -OCH3 is 1. The lowest BCUT2D eigenvalue weighted by Crippen LogP contribution is -1.94. The van der Waals surface area contributed by atoms with Crippen LogP contribution in [0.15, 0.2) is 48.3 Å². The van der Waals surface area contributed by atoms with E-state index in [0.717, 1.165) is 5.75 Å². The van der Waals surface area contributed by atoms with Gasteiger partial charge in [-0.25, -0.2) is 4.79 Å². The van der Waals surface area contributed by atoms with Gasteiger partial charge in [-0.05, 0) is 43.3 Å². The van der Waals surface area contributed by atoms with Crippen LogP contribution >= 0.6 is 0 Å². The SMILES string of the molecule is COc1ccc(O/C=C/C=C(\C)C(=O)O)cc1. The van der Waals surface area contributed by atoms with E-state index < -0.39 is 5.97 Å². The molecule has 0 saturated heterocycles. The first-order valence-corrected chi connectivity index (χ1v) is 5.01. The molecule has 0 unspecified atom stereocenters. The Morgan fingerprint density at radius 1 is 1.24 bits per heavy atom. The molecule has 4 heteroatoms. The van der Waals surface area contributed by atoms with E-state index in [4.69, 9.17) is 14.6 Å². The van der Waals surface area contributed by atoms with Gasteiger partial charge in [0.05, 0.1) is 13.4 Å². The molecule has 0 atom stereocenters. The van der Waals surface area contributed by atoms with Gasteiger partial charge < -0.3 is 14.6 Å². The first-order chi connectivity index (χ1) is 8.13. The molecule has 0 aromatic heterocycles. The first-order valence-electron chi connectivity index (χ1n) is 5.01. The number of carboxylic acids is 1. The summed E-state index contributed by atoms with van der Waals surface area (Å²) in [5, 5.41) is 8.60. The van der Waals surface area contributed by atoms with Crippen molar-refractivity contribution in [3.05, 3.63) is 48.3 Å². The van der Waals surface area contributed by atoms with Crippen LogP contribution in [0.25, 0.3) is 0 Å². The van der Waals surface area contributed by atoms with Crippen LogP contribution in [0.4, 0.5) is 0 Å². The van der Waals surface area contributed by atoms with E-state index in [1.165, 1.54) is 25.3 Å². The van der Waals surface area contributed by atoms with Crippen molar-refractivity contribution in [2.75, 3.05) is 7.11 Å². The molecule has 0 heterocycles. The molecule has 1 rings (SSSR count). The Balaban J connectivity index is 2.52. The van der Waals surface area contributed by atoms with Crippen LogP contribution in [0.2, 0.25) is 0 Å². The van der Waals surface area contributed by atoms with Crippen molar-refractivity contribution in [3.63, 3.8) is 0 Å². The Labute approximate surface area is 99.8 Å². The molecular formula is C13H14O4. The third-order valence-corrected chi connectivity index (χ3v) is 2.03. The predicted molar refractivity (Wildman–Crippen MR) is 64.2 cm³/mol. The zero-order valence-corrected chi connectivity index (χ0v) is 9.71. The van der Waals surface area contributed by atoms with E-state index in [9.17, 15) is 4.79 Å². The van der Waals surface area contributed by atoms with Crippen molar-refractivity contribution in [1.82, 2.24) is 0 Å². The highest BCUT2D eigenvalue weighted by Gasteiger charge is 1.96. The minimum absolute atomic E-state index is 0.250. The Morgan fingerprint density at radius 3 is 2.35 bits per heavy atom. The molecule has 0 aliphatic rings. The second-order valence-corrected chi connectivity index (χ2v) is 3.28. The topological polar surface area (TPSA) is 55.8 Å². The predicted octanol–water partition coefficient (Wildman–Crippen LogP) is 2.62. The Morgan fingerprint density at radius 2 is 1.82 bits per heavy atom. The monoisotopic (exact) mass is 234 g/mol. The second-order valence-electron chi connectivity index (χ2n) is 3.28. The van der Waals surface area contributed by atoms with Crippen molar-refractivity contribution in [1.29, 1.82) is 0 Å². The third-order valence-electron chi connectivity index (χ3n) is 2.03. The summed E-state index contributed by atoms with van der Waals surface area (Å²) in [6.07, 6.45) is 4.42. The Hall–Kier alpha value is -2.23. The van der Waals surface area contributed by atoms with E-state index in [2.05, 4.69) is 0 Å². The van der Waals surface area contributed by atoms with Gasteiger partial charge in [0.1, 0.15) is 11.5 Å². The van der Waals surface area contributed by atoms with E-state index >= 15 is 0 Å². The minimum Gasteiger partial charge on any atom is -0.497 e. The number of rotatable bonds is 5. The summed E-state index contributed by atoms with van der Waals surface area (Å²) in [4.78, 5) is 10.5. The number of ether oxygens (including phenoxy) is 2. The summed E-state index contributed by atoms with van der Waals surface area (Å²) in [6.45, 7) is 1.51. The quantitative estimate of drug-likeness (QED) is 0.483. The van der Waals surface area contributed by atoms with Gasteiger partial charge in [0.15, 0.2) is 0 Å². The molecule has 0 fully saturated rings. The lowest BCUT2D eigenvalue weighted by Gasteiger charge is -2.01. The summed E-state index contributed by atoms with van der Waals surface area (Å²) in [5.74, 6) is 0.463. The molecular weight excluding hydrogens is 220 g/mol. The molecule has 0 aliphatic heterocycles. The van der Waals surface area contributed by atoms with Crippen molar-refractivity contribution in [2.24, 2.45) is 0 Å². The lowest BCUT2D eigenvalue weighted by atomic mass is 10.3. The minimum atomic E-state index is -0.945. The molecule has 0 radical (unpaired) electrons. The summed E-state index contributed by atoms with van der Waals surface area (Å²) in [6, 6.07) is 7.08. The summed E-state index contributed by atoms with van der Waals surface area (Å²) in [7, 11) is 1.59. The highest BCUT2D eigenvalue weighted by atomic mass is 16.5. The fourth-order valence-electron chi connectivity index (χ4n) is 1.03. The van der Waals surface area contributed by atoms with E-state index in [1.807, 2.05) is 0 Å². The molecule has 17 heavy (non-hydrogen) atoms.